The lowest BCUT2D eigenvalue weighted by molar-refractivity contribution is -0.0435. The Bertz CT molecular complexity index is 2540. The van der Waals surface area contributed by atoms with Crippen molar-refractivity contribution in [3.63, 3.8) is 0 Å². The Labute approximate surface area is 425 Å². The van der Waals surface area contributed by atoms with Crippen LogP contribution in [0.5, 0.6) is 0 Å². The second-order valence-electron chi connectivity index (χ2n) is 17.1. The van der Waals surface area contributed by atoms with Gasteiger partial charge in [0, 0.05) is 90.4 Å². The van der Waals surface area contributed by atoms with Crippen molar-refractivity contribution in [1.82, 2.24) is 14.5 Å². The summed E-state index contributed by atoms with van der Waals surface area (Å²) in [6.45, 7) is 9.17. The van der Waals surface area contributed by atoms with E-state index >= 15 is 0 Å². The number of hydrogen-bond acceptors (Lipinski definition) is 12. The van der Waals surface area contributed by atoms with Gasteiger partial charge in [0.15, 0.2) is 15.2 Å². The van der Waals surface area contributed by atoms with Crippen LogP contribution in [-0.2, 0) is 30.2 Å². The lowest BCUT2D eigenvalue weighted by Gasteiger charge is -2.36. The predicted octanol–water partition coefficient (Wildman–Crippen LogP) is 11.7. The van der Waals surface area contributed by atoms with Crippen molar-refractivity contribution < 1.29 is 40.2 Å². The zero-order chi connectivity index (χ0) is 49.5. The predicted molar refractivity (Wildman–Crippen MR) is 279 cm³/mol. The van der Waals surface area contributed by atoms with Gasteiger partial charge in [-0.2, -0.15) is 13.2 Å². The molecular formula is C51H60ClF3N5O6PS3. The van der Waals surface area contributed by atoms with Crippen LogP contribution in [-0.4, -0.2) is 114 Å². The average Bonchev–Trinajstić information content (AvgIpc) is 3.37. The number of piperazine rings is 1. The van der Waals surface area contributed by atoms with Gasteiger partial charge in [-0.1, -0.05) is 66.2 Å². The Kier molecular flexibility index (Phi) is 20.2. The number of thioether (sulfide) groups is 1. The van der Waals surface area contributed by atoms with E-state index in [1.54, 1.807) is 31.0 Å². The summed E-state index contributed by atoms with van der Waals surface area (Å²) in [5.74, 6) is 0.439. The maximum Gasteiger partial charge on any atom is 0.501 e. The fourth-order valence-corrected chi connectivity index (χ4v) is 12.8. The number of anilines is 2. The van der Waals surface area contributed by atoms with E-state index in [9.17, 15) is 26.4 Å². The van der Waals surface area contributed by atoms with Gasteiger partial charge in [-0.25, -0.2) is 8.42 Å². The minimum Gasteiger partial charge on any atom is -0.380 e. The van der Waals surface area contributed by atoms with Crippen molar-refractivity contribution in [1.29, 1.82) is 0 Å². The van der Waals surface area contributed by atoms with Crippen LogP contribution in [0, 0.1) is 5.92 Å². The van der Waals surface area contributed by atoms with E-state index in [1.165, 1.54) is 23.3 Å². The number of hydrogen-bond donors (Lipinski definition) is 2. The average molecular weight is 1060 g/mol. The second kappa shape index (κ2) is 26.2. The molecule has 0 aromatic heterocycles. The number of ether oxygens (including phenoxy) is 1. The van der Waals surface area contributed by atoms with Crippen LogP contribution >= 0.6 is 43.7 Å². The molecule has 0 aliphatic carbocycles. The van der Waals surface area contributed by atoms with Gasteiger partial charge in [0.05, 0.1) is 12.3 Å². The SMILES string of the molecule is CCOP(CC1CCN(CCC(CSc2ccccc2)Nc2ccc(SNC(=O)c3ccc(N4CCN(Cc5ccccc5-c5ccc(Cl)cc5)CC4)cc3)cc2S(=O)(=O)C(F)(F)F)CC1)OCOC. The number of likely N-dealkylation sites (tertiary alicyclic amines) is 1. The van der Waals surface area contributed by atoms with E-state index in [0.717, 1.165) is 99.0 Å². The Morgan fingerprint density at radius 1 is 0.843 bits per heavy atom. The van der Waals surface area contributed by atoms with E-state index in [0.29, 0.717) is 41.8 Å². The second-order valence-corrected chi connectivity index (χ2v) is 23.0. The molecule has 0 bridgehead atoms. The van der Waals surface area contributed by atoms with Crippen LogP contribution in [0.1, 0.15) is 42.1 Å². The number of amides is 1. The van der Waals surface area contributed by atoms with Gasteiger partial charge < -0.3 is 28.9 Å². The first kappa shape index (κ1) is 53.9. The minimum absolute atomic E-state index is 0.130. The van der Waals surface area contributed by atoms with Gasteiger partial charge in [0.2, 0.25) is 0 Å². The Hall–Kier alpha value is -3.87. The summed E-state index contributed by atoms with van der Waals surface area (Å²) < 4.78 is 88.7. The third-order valence-corrected chi connectivity index (χ3v) is 17.8. The fraction of sp³-hybridized carbons (Fsp3) is 0.392. The summed E-state index contributed by atoms with van der Waals surface area (Å²) >= 11 is 8.44. The topological polar surface area (TPSA) is 113 Å². The first-order chi connectivity index (χ1) is 33.8. The van der Waals surface area contributed by atoms with Gasteiger partial charge in [-0.15, -0.1) is 11.8 Å². The number of carbonyl (C=O) groups excluding carboxylic acids is 1. The summed E-state index contributed by atoms with van der Waals surface area (Å²) in [5, 5.41) is 3.90. The molecule has 2 aliphatic rings. The lowest BCUT2D eigenvalue weighted by Crippen LogP contribution is -2.46. The number of nitrogens with one attached hydrogen (secondary N) is 2. The molecule has 2 saturated heterocycles. The molecule has 5 aromatic carbocycles. The van der Waals surface area contributed by atoms with Gasteiger partial charge in [-0.05, 0) is 141 Å². The third kappa shape index (κ3) is 15.3. The van der Waals surface area contributed by atoms with E-state index in [2.05, 4.69) is 42.9 Å². The van der Waals surface area contributed by atoms with Gasteiger partial charge >= 0.3 is 5.51 Å². The molecular weight excluding hydrogens is 998 g/mol. The molecule has 0 saturated carbocycles. The molecule has 5 aromatic rings. The monoisotopic (exact) mass is 1060 g/mol. The number of nitrogens with zero attached hydrogens (tertiary/aromatic N) is 3. The first-order valence-corrected chi connectivity index (χ1v) is 28.3. The molecule has 2 unspecified atom stereocenters. The van der Waals surface area contributed by atoms with Crippen molar-refractivity contribution in [3.05, 3.63) is 137 Å². The summed E-state index contributed by atoms with van der Waals surface area (Å²) in [5.41, 5.74) is -0.834. The molecule has 2 heterocycles. The molecule has 0 radical (unpaired) electrons. The Morgan fingerprint density at radius 2 is 1.54 bits per heavy atom. The summed E-state index contributed by atoms with van der Waals surface area (Å²) in [6, 6.07) is 36.6. The van der Waals surface area contributed by atoms with Gasteiger partial charge in [0.1, 0.15) is 4.90 Å². The quantitative estimate of drug-likeness (QED) is 0.0281. The number of carbonyl (C=O) groups is 1. The van der Waals surface area contributed by atoms with Crippen LogP contribution in [0.15, 0.2) is 136 Å². The van der Waals surface area contributed by atoms with Gasteiger partial charge in [-0.3, -0.25) is 14.4 Å². The molecule has 2 N–H and O–H groups in total. The normalized spacial score (nSPS) is 16.2. The summed E-state index contributed by atoms with van der Waals surface area (Å²) in [4.78, 5) is 20.6. The molecule has 376 valence electrons. The van der Waals surface area contributed by atoms with Crippen molar-refractivity contribution >= 4 is 70.8 Å². The van der Waals surface area contributed by atoms with Crippen LogP contribution < -0.4 is 14.9 Å². The van der Waals surface area contributed by atoms with Crippen molar-refractivity contribution in [2.75, 3.05) is 88.5 Å². The summed E-state index contributed by atoms with van der Waals surface area (Å²) in [6.07, 6.45) is 3.29. The highest BCUT2D eigenvalue weighted by molar-refractivity contribution is 7.99. The fourth-order valence-electron chi connectivity index (χ4n) is 8.47. The first-order valence-electron chi connectivity index (χ1n) is 23.3. The summed E-state index contributed by atoms with van der Waals surface area (Å²) in [7, 11) is -5.25. The number of alkyl halides is 3. The highest BCUT2D eigenvalue weighted by atomic mass is 35.5. The molecule has 2 fully saturated rings. The lowest BCUT2D eigenvalue weighted by atomic mass is 9.98. The molecule has 0 spiro atoms. The smallest absolute Gasteiger partial charge is 0.380 e. The highest BCUT2D eigenvalue weighted by Gasteiger charge is 2.48. The zero-order valence-corrected chi connectivity index (χ0v) is 43.4. The number of methoxy groups -OCH3 is 1. The van der Waals surface area contributed by atoms with E-state index in [4.69, 9.17) is 25.4 Å². The number of sulfone groups is 1. The Balaban J connectivity index is 0.958. The molecule has 2 aliphatic heterocycles. The van der Waals surface area contributed by atoms with E-state index in [1.807, 2.05) is 79.7 Å². The Morgan fingerprint density at radius 3 is 2.23 bits per heavy atom. The number of rotatable bonds is 23. The van der Waals surface area contributed by atoms with Crippen molar-refractivity contribution in [2.45, 2.75) is 59.0 Å². The number of benzene rings is 5. The van der Waals surface area contributed by atoms with Crippen molar-refractivity contribution in [3.8, 4) is 11.1 Å². The largest absolute Gasteiger partial charge is 0.501 e. The molecule has 2 atom stereocenters. The maximum atomic E-state index is 14.3. The standard InChI is InChI=1S/C51H60ClF3N5O6PS3/c1-3-65-67(66-37-64-2)35-38-23-26-58(27-24-38)28-25-43(36-68-45-10-5-4-6-11-45)56-48-22-21-46(33-49(48)70(62,63)51(53,54)55)69-57-50(61)40-15-19-44(20-16-40)60-31-29-59(30-32-60)34-41-9-7-8-12-47(41)39-13-17-42(52)18-14-39/h4-22,33,38,43,56H,3,23-32,34-37H2,1-2H3,(H,57,61). The number of halogens is 4. The number of piperidine rings is 1. The van der Waals surface area contributed by atoms with E-state index < -0.39 is 34.5 Å². The molecule has 70 heavy (non-hydrogen) atoms. The van der Waals surface area contributed by atoms with Crippen molar-refractivity contribution in [2.24, 2.45) is 5.92 Å². The molecule has 19 heteroatoms. The van der Waals surface area contributed by atoms with Crippen LogP contribution in [0.3, 0.4) is 0 Å². The van der Waals surface area contributed by atoms with Crippen LogP contribution in [0.25, 0.3) is 11.1 Å². The van der Waals surface area contributed by atoms with Gasteiger partial charge in [0.25, 0.3) is 15.7 Å². The molecule has 11 nitrogen and oxygen atoms in total. The molecule has 1 amide bonds. The van der Waals surface area contributed by atoms with E-state index in [-0.39, 0.29) is 23.4 Å². The highest BCUT2D eigenvalue weighted by Crippen LogP contribution is 2.43. The third-order valence-electron chi connectivity index (χ3n) is 12.3. The minimum atomic E-state index is -5.79. The molecule has 7 rings (SSSR count). The maximum absolute atomic E-state index is 14.3. The zero-order valence-electron chi connectivity index (χ0n) is 39.3. The van der Waals surface area contributed by atoms with Crippen LogP contribution in [0.2, 0.25) is 5.02 Å². The van der Waals surface area contributed by atoms with Crippen LogP contribution in [0.4, 0.5) is 24.5 Å².